The van der Waals surface area contributed by atoms with Gasteiger partial charge in [0.1, 0.15) is 0 Å². The Bertz CT molecular complexity index is 766. The van der Waals surface area contributed by atoms with Crippen LogP contribution in [0.3, 0.4) is 0 Å². The lowest BCUT2D eigenvalue weighted by Crippen LogP contribution is -2.68. The van der Waals surface area contributed by atoms with Gasteiger partial charge in [0.05, 0.1) is 17.8 Å². The van der Waals surface area contributed by atoms with E-state index in [0.29, 0.717) is 35.0 Å². The van der Waals surface area contributed by atoms with Gasteiger partial charge in [-0.05, 0) is 110 Å². The van der Waals surface area contributed by atoms with Gasteiger partial charge in [0.15, 0.2) is 0 Å². The smallest absolute Gasteiger partial charge is 0.0985 e. The van der Waals surface area contributed by atoms with Crippen molar-refractivity contribution in [2.24, 2.45) is 63.6 Å². The fraction of sp³-hybridized carbons (Fsp3) is 1.00. The van der Waals surface area contributed by atoms with Gasteiger partial charge in [0.2, 0.25) is 0 Å². The maximum absolute atomic E-state index is 11.7. The van der Waals surface area contributed by atoms with Crippen molar-refractivity contribution in [3.8, 4) is 0 Å². The van der Waals surface area contributed by atoms with E-state index in [4.69, 9.17) is 0 Å². The maximum atomic E-state index is 11.7. The van der Waals surface area contributed by atoms with Gasteiger partial charge in [-0.15, -0.1) is 0 Å². The quantitative estimate of drug-likeness (QED) is 0.479. The van der Waals surface area contributed by atoms with Crippen LogP contribution in [-0.2, 0) is 0 Å². The molecule has 0 saturated heterocycles. The van der Waals surface area contributed by atoms with Crippen LogP contribution in [0.15, 0.2) is 0 Å². The Morgan fingerprint density at radius 1 is 0.788 bits per heavy atom. The molecule has 0 amide bonds. The van der Waals surface area contributed by atoms with E-state index in [9.17, 15) is 15.3 Å². The molecule has 3 N–H and O–H groups in total. The number of hydrogen-bond donors (Lipinski definition) is 3. The van der Waals surface area contributed by atoms with Crippen LogP contribution in [0.4, 0.5) is 0 Å². The molecule has 3 nitrogen and oxygen atoms in total. The molecule has 5 aliphatic carbocycles. The minimum absolute atomic E-state index is 0.263. The predicted octanol–water partition coefficient (Wildman–Crippen LogP) is 6.05. The Morgan fingerprint density at radius 2 is 1.48 bits per heavy atom. The average Bonchev–Trinajstić information content (AvgIpc) is 3.31. The Morgan fingerprint density at radius 3 is 2.15 bits per heavy atom. The molecule has 13 atom stereocenters. The first-order chi connectivity index (χ1) is 15.3. The highest BCUT2D eigenvalue weighted by Gasteiger charge is 2.68. The Kier molecular flexibility index (Phi) is 5.72. The summed E-state index contributed by atoms with van der Waals surface area (Å²) in [5, 5.41) is 33.3. The topological polar surface area (TPSA) is 60.7 Å². The van der Waals surface area contributed by atoms with Crippen LogP contribution in [0.25, 0.3) is 0 Å². The zero-order valence-corrected chi connectivity index (χ0v) is 22.5. The van der Waals surface area contributed by atoms with Crippen LogP contribution >= 0.6 is 0 Å². The van der Waals surface area contributed by atoms with Crippen molar-refractivity contribution in [1.82, 2.24) is 0 Å². The van der Waals surface area contributed by atoms with Gasteiger partial charge in [-0.2, -0.15) is 0 Å². The molecule has 190 valence electrons. The maximum Gasteiger partial charge on any atom is 0.0985 e. The summed E-state index contributed by atoms with van der Waals surface area (Å²) < 4.78 is 0. The van der Waals surface area contributed by atoms with Crippen molar-refractivity contribution in [3.63, 3.8) is 0 Å². The van der Waals surface area contributed by atoms with Crippen LogP contribution in [0.1, 0.15) is 106 Å². The second-order valence-corrected chi connectivity index (χ2v) is 14.8. The van der Waals surface area contributed by atoms with Gasteiger partial charge in [-0.3, -0.25) is 0 Å². The normalized spacial score (nSPS) is 57.7. The summed E-state index contributed by atoms with van der Waals surface area (Å²) >= 11 is 0. The van der Waals surface area contributed by atoms with Crippen molar-refractivity contribution in [3.05, 3.63) is 0 Å². The molecular weight excluding hydrogens is 408 g/mol. The molecule has 0 aromatic rings. The zero-order chi connectivity index (χ0) is 24.1. The minimum atomic E-state index is -1.12. The van der Waals surface area contributed by atoms with Crippen molar-refractivity contribution in [2.75, 3.05) is 0 Å². The van der Waals surface area contributed by atoms with Crippen molar-refractivity contribution in [2.45, 2.75) is 124 Å². The molecule has 0 aromatic carbocycles. The Labute approximate surface area is 203 Å². The molecule has 13 unspecified atom stereocenters. The molecule has 0 aliphatic heterocycles. The number of aliphatic hydroxyl groups is 3. The monoisotopic (exact) mass is 460 g/mol. The van der Waals surface area contributed by atoms with Gasteiger partial charge in [0, 0.05) is 11.8 Å². The number of rotatable bonds is 4. The molecule has 0 bridgehead atoms. The summed E-state index contributed by atoms with van der Waals surface area (Å²) in [6.07, 6.45) is 8.06. The second kappa shape index (κ2) is 7.69. The molecule has 0 spiro atoms. The van der Waals surface area contributed by atoms with Gasteiger partial charge < -0.3 is 15.3 Å². The zero-order valence-electron chi connectivity index (χ0n) is 22.5. The highest BCUT2D eigenvalue weighted by Crippen LogP contribution is 2.72. The third kappa shape index (κ3) is 3.23. The molecule has 5 rings (SSSR count). The van der Waals surface area contributed by atoms with Gasteiger partial charge in [-0.1, -0.05) is 48.5 Å². The lowest BCUT2D eigenvalue weighted by atomic mass is 9.42. The molecule has 5 fully saturated rings. The fourth-order valence-electron chi connectivity index (χ4n) is 10.9. The van der Waals surface area contributed by atoms with E-state index in [0.717, 1.165) is 48.9 Å². The van der Waals surface area contributed by atoms with E-state index >= 15 is 0 Å². The standard InChI is InChI=1S/C30H52O3/c1-17(2)19(4)28(6)16-25(28)18(3)22-8-9-23-21-14-26(32)30(33)15-20(31)10-13-29(30,7)24(21)11-12-27(22,23)5/h17-26,31-33H,8-16H2,1-7H3. The van der Waals surface area contributed by atoms with Crippen LogP contribution < -0.4 is 0 Å². The summed E-state index contributed by atoms with van der Waals surface area (Å²) in [5.41, 5.74) is -0.479. The first kappa shape index (κ1) is 24.6. The van der Waals surface area contributed by atoms with E-state index in [1.54, 1.807) is 0 Å². The van der Waals surface area contributed by atoms with Gasteiger partial charge in [0.25, 0.3) is 0 Å². The van der Waals surface area contributed by atoms with E-state index in [1.807, 2.05) is 0 Å². The van der Waals surface area contributed by atoms with Crippen LogP contribution in [0.2, 0.25) is 0 Å². The Hall–Kier alpha value is -0.120. The van der Waals surface area contributed by atoms with Crippen molar-refractivity contribution in [1.29, 1.82) is 0 Å². The summed E-state index contributed by atoms with van der Waals surface area (Å²) in [5.74, 6) is 5.69. The molecule has 33 heavy (non-hydrogen) atoms. The molecule has 5 aliphatic rings. The molecule has 0 aromatic heterocycles. The summed E-state index contributed by atoms with van der Waals surface area (Å²) in [6, 6.07) is 0. The second-order valence-electron chi connectivity index (χ2n) is 14.8. The summed E-state index contributed by atoms with van der Waals surface area (Å²) in [4.78, 5) is 0. The van der Waals surface area contributed by atoms with Crippen molar-refractivity contribution < 1.29 is 15.3 Å². The average molecular weight is 461 g/mol. The van der Waals surface area contributed by atoms with Crippen LogP contribution in [0.5, 0.6) is 0 Å². The van der Waals surface area contributed by atoms with Crippen molar-refractivity contribution >= 4 is 0 Å². The third-order valence-electron chi connectivity index (χ3n) is 13.6. The highest BCUT2D eigenvalue weighted by atomic mass is 16.3. The molecule has 0 radical (unpaired) electrons. The molecule has 0 heterocycles. The van der Waals surface area contributed by atoms with E-state index in [2.05, 4.69) is 48.5 Å². The summed E-state index contributed by atoms with van der Waals surface area (Å²) in [7, 11) is 0. The third-order valence-corrected chi connectivity index (χ3v) is 13.6. The largest absolute Gasteiger partial charge is 0.393 e. The first-order valence-corrected chi connectivity index (χ1v) is 14.4. The Balaban J connectivity index is 1.37. The molecule has 5 saturated carbocycles. The fourth-order valence-corrected chi connectivity index (χ4v) is 10.9. The number of fused-ring (bicyclic) bond motifs is 5. The lowest BCUT2D eigenvalue weighted by molar-refractivity contribution is -0.265. The minimum Gasteiger partial charge on any atom is -0.393 e. The van der Waals surface area contributed by atoms with Crippen LogP contribution in [-0.4, -0.2) is 33.1 Å². The SMILES string of the molecule is CC(C)C(C)C1(C)CC1C(C)C1CCC2C3CC(O)C4(O)CC(O)CCC4(C)C3CCC12C. The summed E-state index contributed by atoms with van der Waals surface area (Å²) in [6.45, 7) is 17.3. The lowest BCUT2D eigenvalue weighted by Gasteiger charge is -2.65. The predicted molar refractivity (Wildman–Crippen MR) is 133 cm³/mol. The van der Waals surface area contributed by atoms with Gasteiger partial charge >= 0.3 is 0 Å². The first-order valence-electron chi connectivity index (χ1n) is 14.4. The van der Waals surface area contributed by atoms with E-state index < -0.39 is 17.8 Å². The molecular formula is C30H52O3. The van der Waals surface area contributed by atoms with Gasteiger partial charge in [-0.25, -0.2) is 0 Å². The molecule has 3 heteroatoms. The van der Waals surface area contributed by atoms with Crippen LogP contribution in [0, 0.1) is 63.6 Å². The van der Waals surface area contributed by atoms with E-state index in [1.165, 1.54) is 32.1 Å². The number of aliphatic hydroxyl groups excluding tert-OH is 2. The number of hydrogen-bond acceptors (Lipinski definition) is 3. The highest BCUT2D eigenvalue weighted by molar-refractivity contribution is 5.18. The van der Waals surface area contributed by atoms with E-state index in [-0.39, 0.29) is 5.41 Å².